The second-order valence-electron chi connectivity index (χ2n) is 7.87. The van der Waals surface area contributed by atoms with E-state index in [0.29, 0.717) is 0 Å². The van der Waals surface area contributed by atoms with Crippen molar-refractivity contribution in [1.82, 2.24) is 0 Å². The average molecular weight is 417 g/mol. The molecule has 0 atom stereocenters. The fourth-order valence-corrected chi connectivity index (χ4v) is 14.2. The molecule has 0 aromatic heterocycles. The fraction of sp³-hybridized carbons (Fsp3) is 0. The Hall–Kier alpha value is -3.21. The smallest absolute Gasteiger partial charge is 0.0891 e. The minimum Gasteiger partial charge on any atom is -0.0891 e. The number of benzene rings is 4. The summed E-state index contributed by atoms with van der Waals surface area (Å²) in [4.78, 5) is 0. The van der Waals surface area contributed by atoms with Crippen molar-refractivity contribution >= 4 is 36.9 Å². The molecule has 1 heterocycles. The van der Waals surface area contributed by atoms with Crippen molar-refractivity contribution in [2.75, 3.05) is 0 Å². The zero-order valence-corrected chi connectivity index (χ0v) is 18.9. The highest BCUT2D eigenvalue weighted by atomic mass is 28.3. The first-order valence-corrected chi connectivity index (χ1v) is 14.8. The molecular formula is C28H24Si2. The van der Waals surface area contributed by atoms with Crippen molar-refractivity contribution in [3.63, 3.8) is 0 Å². The molecule has 1 aliphatic heterocycles. The third-order valence-corrected chi connectivity index (χ3v) is 14.8. The second kappa shape index (κ2) is 7.90. The third-order valence-electron chi connectivity index (χ3n) is 6.22. The molecule has 0 spiro atoms. The van der Waals surface area contributed by atoms with Gasteiger partial charge in [-0.25, -0.2) is 0 Å². The Morgan fingerprint density at radius 1 is 0.267 bits per heavy atom. The van der Waals surface area contributed by atoms with E-state index < -0.39 is 16.1 Å². The van der Waals surface area contributed by atoms with Crippen LogP contribution in [0.4, 0.5) is 0 Å². The van der Waals surface area contributed by atoms with Crippen molar-refractivity contribution in [2.24, 2.45) is 0 Å². The summed E-state index contributed by atoms with van der Waals surface area (Å²) in [5.41, 5.74) is 10.3. The van der Waals surface area contributed by atoms with Crippen LogP contribution in [0.5, 0.6) is 0 Å². The molecule has 0 fully saturated rings. The van der Waals surface area contributed by atoms with E-state index in [1.165, 1.54) is 20.7 Å². The van der Waals surface area contributed by atoms with Crippen molar-refractivity contribution in [3.05, 3.63) is 144 Å². The van der Waals surface area contributed by atoms with E-state index in [2.05, 4.69) is 144 Å². The van der Waals surface area contributed by atoms with Gasteiger partial charge in [-0.2, -0.15) is 0 Å². The lowest BCUT2D eigenvalue weighted by molar-refractivity contribution is 1.68. The molecule has 0 nitrogen and oxygen atoms in total. The van der Waals surface area contributed by atoms with Gasteiger partial charge in [-0.05, 0) is 20.7 Å². The number of rotatable bonds is 4. The van der Waals surface area contributed by atoms with Crippen molar-refractivity contribution in [3.8, 4) is 0 Å². The molecule has 0 saturated heterocycles. The van der Waals surface area contributed by atoms with Gasteiger partial charge in [0, 0.05) is 0 Å². The molecule has 144 valence electrons. The van der Waals surface area contributed by atoms with Crippen LogP contribution < -0.4 is 20.7 Å². The van der Waals surface area contributed by atoms with E-state index in [-0.39, 0.29) is 0 Å². The Morgan fingerprint density at radius 3 is 0.667 bits per heavy atom. The van der Waals surface area contributed by atoms with Gasteiger partial charge in [0.25, 0.3) is 0 Å². The van der Waals surface area contributed by atoms with Crippen LogP contribution in [0.25, 0.3) is 0 Å². The van der Waals surface area contributed by atoms with E-state index in [1.54, 1.807) is 0 Å². The Kier molecular flexibility index (Phi) is 4.95. The van der Waals surface area contributed by atoms with Crippen molar-refractivity contribution in [1.29, 1.82) is 0 Å². The molecule has 4 aromatic carbocycles. The lowest BCUT2D eigenvalue weighted by Crippen LogP contribution is -2.63. The highest BCUT2D eigenvalue weighted by Gasteiger charge is 2.41. The lowest BCUT2D eigenvalue weighted by Gasteiger charge is -2.36. The predicted molar refractivity (Wildman–Crippen MR) is 134 cm³/mol. The maximum Gasteiger partial charge on any atom is 0.163 e. The summed E-state index contributed by atoms with van der Waals surface area (Å²) < 4.78 is 0. The first-order chi connectivity index (χ1) is 14.8. The summed E-state index contributed by atoms with van der Waals surface area (Å²) in [6, 6.07) is 44.2. The van der Waals surface area contributed by atoms with Gasteiger partial charge in [-0.1, -0.05) is 144 Å². The van der Waals surface area contributed by atoms with Crippen molar-refractivity contribution < 1.29 is 0 Å². The maximum absolute atomic E-state index is 2.59. The molecule has 0 saturated carbocycles. The minimum atomic E-state index is -2.12. The number of hydrogen-bond donors (Lipinski definition) is 0. The minimum absolute atomic E-state index is 1.44. The molecule has 0 bridgehead atoms. The Labute approximate surface area is 180 Å². The second-order valence-corrected chi connectivity index (χ2v) is 15.0. The highest BCUT2D eigenvalue weighted by molar-refractivity contribution is 7.17. The van der Waals surface area contributed by atoms with Crippen LogP contribution in [-0.2, 0) is 0 Å². The molecule has 0 radical (unpaired) electrons. The molecule has 0 unspecified atom stereocenters. The highest BCUT2D eigenvalue weighted by Crippen LogP contribution is 2.21. The topological polar surface area (TPSA) is 0 Å². The summed E-state index contributed by atoms with van der Waals surface area (Å²) in [6.45, 7) is 0. The van der Waals surface area contributed by atoms with Crippen molar-refractivity contribution in [2.45, 2.75) is 0 Å². The summed E-state index contributed by atoms with van der Waals surface area (Å²) in [6.07, 6.45) is 0. The quantitative estimate of drug-likeness (QED) is 0.444. The molecule has 30 heavy (non-hydrogen) atoms. The van der Waals surface area contributed by atoms with Gasteiger partial charge in [0.1, 0.15) is 0 Å². The van der Waals surface area contributed by atoms with Gasteiger partial charge < -0.3 is 0 Å². The number of hydrogen-bond acceptors (Lipinski definition) is 0. The zero-order chi connectivity index (χ0) is 20.3. The first kappa shape index (κ1) is 18.8. The molecular weight excluding hydrogens is 392 g/mol. The van der Waals surface area contributed by atoms with E-state index in [1.807, 2.05) is 0 Å². The molecule has 2 heteroatoms. The summed E-state index contributed by atoms with van der Waals surface area (Å²) in [5.74, 6) is 0. The van der Waals surface area contributed by atoms with Crippen LogP contribution >= 0.6 is 0 Å². The van der Waals surface area contributed by atoms with Crippen LogP contribution in [0.2, 0.25) is 0 Å². The largest absolute Gasteiger partial charge is 0.163 e. The van der Waals surface area contributed by atoms with Gasteiger partial charge in [-0.15, -0.1) is 0 Å². The van der Waals surface area contributed by atoms with E-state index >= 15 is 0 Å². The van der Waals surface area contributed by atoms with Crippen LogP contribution in [0, 0.1) is 0 Å². The predicted octanol–water partition coefficient (Wildman–Crippen LogP) is 3.80. The molecule has 0 aliphatic carbocycles. The summed E-state index contributed by atoms with van der Waals surface area (Å²) in [7, 11) is -4.23. The Morgan fingerprint density at radius 2 is 0.467 bits per heavy atom. The van der Waals surface area contributed by atoms with Crippen LogP contribution in [0.3, 0.4) is 0 Å². The van der Waals surface area contributed by atoms with Crippen LogP contribution in [0.1, 0.15) is 0 Å². The van der Waals surface area contributed by atoms with Gasteiger partial charge >= 0.3 is 0 Å². The maximum atomic E-state index is 2.59. The van der Waals surface area contributed by atoms with Gasteiger partial charge in [-0.3, -0.25) is 0 Å². The van der Waals surface area contributed by atoms with Crippen LogP contribution in [0.15, 0.2) is 144 Å². The molecule has 0 N–H and O–H groups in total. The Balaban J connectivity index is 1.72. The fourth-order valence-electron chi connectivity index (χ4n) is 4.60. The molecule has 5 rings (SSSR count). The van der Waals surface area contributed by atoms with Gasteiger partial charge in [0.05, 0.1) is 0 Å². The molecule has 1 aliphatic rings. The van der Waals surface area contributed by atoms with E-state index in [9.17, 15) is 0 Å². The standard InChI is InChI=1S/C28H24Si2/c1-5-13-25(14-6-1)29(26-15-7-2-8-16-26)21-23-30(24-22-29,27-17-9-3-10-18-27)28-19-11-4-12-20-28/h1-24H. The monoisotopic (exact) mass is 416 g/mol. The first-order valence-electron chi connectivity index (χ1n) is 10.5. The molecule has 0 amide bonds. The molecule has 4 aromatic rings. The summed E-state index contributed by atoms with van der Waals surface area (Å²) >= 11 is 0. The SMILES string of the molecule is C1=C[Si](c2ccccc2)(c2ccccc2)C=C[Si]1(c1ccccc1)c1ccccc1. The van der Waals surface area contributed by atoms with E-state index in [4.69, 9.17) is 0 Å². The van der Waals surface area contributed by atoms with Gasteiger partial charge in [0.2, 0.25) is 0 Å². The third kappa shape index (κ3) is 3.15. The van der Waals surface area contributed by atoms with E-state index in [0.717, 1.165) is 0 Å². The zero-order valence-electron chi connectivity index (χ0n) is 16.9. The normalized spacial score (nSPS) is 16.3. The Bertz CT molecular complexity index is 973. The lowest BCUT2D eigenvalue weighted by atomic mass is 10.4. The average Bonchev–Trinajstić information content (AvgIpc) is 2.86. The van der Waals surface area contributed by atoms with Gasteiger partial charge in [0.15, 0.2) is 16.1 Å². The summed E-state index contributed by atoms with van der Waals surface area (Å²) in [5, 5.41) is 5.75. The van der Waals surface area contributed by atoms with Crippen LogP contribution in [-0.4, -0.2) is 16.1 Å².